The normalized spacial score (nSPS) is 23.9. The lowest BCUT2D eigenvalue weighted by atomic mass is 10.2. The van der Waals surface area contributed by atoms with E-state index in [1.54, 1.807) is 17.8 Å². The van der Waals surface area contributed by atoms with Crippen molar-refractivity contribution in [1.29, 1.82) is 0 Å². The van der Waals surface area contributed by atoms with Gasteiger partial charge in [-0.1, -0.05) is 24.8 Å². The highest BCUT2D eigenvalue weighted by Gasteiger charge is 2.30. The first kappa shape index (κ1) is 14.2. The molecule has 2 atom stereocenters. The first-order valence-corrected chi connectivity index (χ1v) is 6.91. The number of thioether (sulfide) groups is 1. The average Bonchev–Trinajstić information content (AvgIpc) is 2.26. The molecule has 1 aliphatic rings. The van der Waals surface area contributed by atoms with Crippen molar-refractivity contribution in [2.24, 2.45) is 4.99 Å². The molecule has 0 aliphatic carbocycles. The number of amidine groups is 1. The zero-order chi connectivity index (χ0) is 14.0. The third kappa shape index (κ3) is 3.89. The van der Waals surface area contributed by atoms with Gasteiger partial charge in [-0.3, -0.25) is 4.99 Å². The van der Waals surface area contributed by atoms with Crippen molar-refractivity contribution >= 4 is 22.6 Å². The molecule has 2 unspecified atom stereocenters. The third-order valence-corrected chi connectivity index (χ3v) is 3.79. The summed E-state index contributed by atoms with van der Waals surface area (Å²) in [6.45, 7) is 4.09. The van der Waals surface area contributed by atoms with Gasteiger partial charge in [0, 0.05) is 10.9 Å². The number of anilines is 1. The summed E-state index contributed by atoms with van der Waals surface area (Å²) >= 11 is 1.56. The maximum absolute atomic E-state index is 12.6. The van der Waals surface area contributed by atoms with E-state index in [1.807, 2.05) is 6.92 Å². The number of hydrogen-bond acceptors (Lipinski definition) is 3. The monoisotopic (exact) mass is 288 g/mol. The third-order valence-electron chi connectivity index (χ3n) is 2.76. The van der Waals surface area contributed by atoms with Crippen LogP contribution in [0.5, 0.6) is 0 Å². The zero-order valence-corrected chi connectivity index (χ0v) is 11.5. The van der Waals surface area contributed by atoms with Crippen LogP contribution < -0.4 is 5.32 Å². The van der Waals surface area contributed by atoms with Gasteiger partial charge in [0.15, 0.2) is 5.17 Å². The molecule has 1 aromatic rings. The number of nitrogens with zero attached hydrogens (tertiary/aromatic N) is 1. The minimum Gasteiger partial charge on any atom is -0.335 e. The number of benzene rings is 1. The number of rotatable bonds is 1. The number of nitrogens with one attached hydrogen (secondary N) is 1. The van der Waals surface area contributed by atoms with Crippen LogP contribution in [0.2, 0.25) is 0 Å². The lowest BCUT2D eigenvalue weighted by Gasteiger charge is -2.23. The van der Waals surface area contributed by atoms with Gasteiger partial charge >= 0.3 is 6.18 Å². The molecule has 6 heteroatoms. The Bertz CT molecular complexity index is 485. The Morgan fingerprint density at radius 2 is 2.05 bits per heavy atom. The number of halogens is 3. The van der Waals surface area contributed by atoms with E-state index in [0.29, 0.717) is 16.1 Å². The maximum Gasteiger partial charge on any atom is 0.416 e. The van der Waals surface area contributed by atoms with Gasteiger partial charge in [0.25, 0.3) is 0 Å². The van der Waals surface area contributed by atoms with Gasteiger partial charge in [0.1, 0.15) is 0 Å². The molecule has 0 saturated heterocycles. The van der Waals surface area contributed by atoms with Gasteiger partial charge < -0.3 is 5.32 Å². The second-order valence-electron chi connectivity index (χ2n) is 4.65. The Morgan fingerprint density at radius 3 is 2.68 bits per heavy atom. The van der Waals surface area contributed by atoms with Gasteiger partial charge in [0.05, 0.1) is 11.6 Å². The Balaban J connectivity index is 2.16. The van der Waals surface area contributed by atoms with E-state index in [2.05, 4.69) is 17.2 Å². The van der Waals surface area contributed by atoms with Gasteiger partial charge in [0.2, 0.25) is 0 Å². The van der Waals surface area contributed by atoms with E-state index in [-0.39, 0.29) is 6.04 Å². The average molecular weight is 288 g/mol. The van der Waals surface area contributed by atoms with E-state index < -0.39 is 11.7 Å². The summed E-state index contributed by atoms with van der Waals surface area (Å²) in [6, 6.07) is 5.37. The van der Waals surface area contributed by atoms with Crippen LogP contribution in [0.15, 0.2) is 29.3 Å². The molecule has 19 heavy (non-hydrogen) atoms. The van der Waals surface area contributed by atoms with E-state index in [1.165, 1.54) is 6.07 Å². The van der Waals surface area contributed by atoms with Gasteiger partial charge in [-0.05, 0) is 31.5 Å². The highest BCUT2D eigenvalue weighted by atomic mass is 32.2. The van der Waals surface area contributed by atoms with Crippen molar-refractivity contribution < 1.29 is 13.2 Å². The molecular weight excluding hydrogens is 273 g/mol. The lowest BCUT2D eigenvalue weighted by molar-refractivity contribution is -0.137. The lowest BCUT2D eigenvalue weighted by Crippen LogP contribution is -2.22. The van der Waals surface area contributed by atoms with Crippen LogP contribution in [0, 0.1) is 0 Å². The summed E-state index contributed by atoms with van der Waals surface area (Å²) in [5.74, 6) is 0. The molecule has 0 saturated carbocycles. The summed E-state index contributed by atoms with van der Waals surface area (Å²) in [6.07, 6.45) is -3.34. The molecule has 1 aromatic carbocycles. The number of aliphatic imine (C=N–C) groups is 1. The second kappa shape index (κ2) is 5.45. The fourth-order valence-corrected chi connectivity index (χ4v) is 3.13. The van der Waals surface area contributed by atoms with Crippen molar-refractivity contribution in [3.05, 3.63) is 29.8 Å². The molecule has 0 radical (unpaired) electrons. The van der Waals surface area contributed by atoms with Crippen LogP contribution in [-0.2, 0) is 6.18 Å². The van der Waals surface area contributed by atoms with Crippen molar-refractivity contribution in [1.82, 2.24) is 0 Å². The van der Waals surface area contributed by atoms with Gasteiger partial charge in [-0.25, -0.2) is 0 Å². The van der Waals surface area contributed by atoms with E-state index in [4.69, 9.17) is 0 Å². The Labute approximate surface area is 114 Å². The summed E-state index contributed by atoms with van der Waals surface area (Å²) in [4.78, 5) is 4.41. The smallest absolute Gasteiger partial charge is 0.335 e. The summed E-state index contributed by atoms with van der Waals surface area (Å²) in [5.41, 5.74) is -0.234. The Kier molecular flexibility index (Phi) is 4.08. The van der Waals surface area contributed by atoms with Crippen LogP contribution in [0.1, 0.15) is 25.8 Å². The molecule has 0 aromatic heterocycles. The standard InChI is InChI=1S/C13H15F3N2S/c1-8-6-9(2)19-12(17-8)18-11-5-3-4-10(7-11)13(14,15)16/h3-5,7-9H,6H2,1-2H3,(H,17,18). The molecule has 2 nitrogen and oxygen atoms in total. The number of alkyl halides is 3. The summed E-state index contributed by atoms with van der Waals surface area (Å²) in [5, 5.41) is 4.07. The highest BCUT2D eigenvalue weighted by Crippen LogP contribution is 2.31. The summed E-state index contributed by atoms with van der Waals surface area (Å²) in [7, 11) is 0. The maximum atomic E-state index is 12.6. The minimum atomic E-state index is -4.32. The van der Waals surface area contributed by atoms with Crippen molar-refractivity contribution in [2.45, 2.75) is 37.7 Å². The highest BCUT2D eigenvalue weighted by molar-refractivity contribution is 8.14. The van der Waals surface area contributed by atoms with Crippen LogP contribution in [0.4, 0.5) is 18.9 Å². The van der Waals surface area contributed by atoms with E-state index in [9.17, 15) is 13.2 Å². The largest absolute Gasteiger partial charge is 0.416 e. The molecule has 0 spiro atoms. The molecule has 0 fully saturated rings. The summed E-state index contributed by atoms with van der Waals surface area (Å²) < 4.78 is 37.8. The van der Waals surface area contributed by atoms with Crippen molar-refractivity contribution in [2.75, 3.05) is 5.32 Å². The van der Waals surface area contributed by atoms with Crippen LogP contribution in [0.25, 0.3) is 0 Å². The second-order valence-corrected chi connectivity index (χ2v) is 6.08. The first-order chi connectivity index (χ1) is 8.84. The van der Waals surface area contributed by atoms with Gasteiger partial charge in [-0.2, -0.15) is 13.2 Å². The fraction of sp³-hybridized carbons (Fsp3) is 0.462. The first-order valence-electron chi connectivity index (χ1n) is 6.03. The molecule has 0 amide bonds. The predicted molar refractivity (Wildman–Crippen MR) is 73.6 cm³/mol. The molecule has 1 heterocycles. The Morgan fingerprint density at radius 1 is 1.32 bits per heavy atom. The zero-order valence-electron chi connectivity index (χ0n) is 10.7. The fourth-order valence-electron chi connectivity index (χ4n) is 1.96. The molecule has 1 aliphatic heterocycles. The molecule has 104 valence electrons. The van der Waals surface area contributed by atoms with Gasteiger partial charge in [-0.15, -0.1) is 0 Å². The molecule has 0 bridgehead atoms. The minimum absolute atomic E-state index is 0.199. The topological polar surface area (TPSA) is 24.4 Å². The molecular formula is C13H15F3N2S. The van der Waals surface area contributed by atoms with Crippen molar-refractivity contribution in [3.8, 4) is 0 Å². The number of hydrogen-bond donors (Lipinski definition) is 1. The van der Waals surface area contributed by atoms with Crippen LogP contribution in [-0.4, -0.2) is 16.5 Å². The predicted octanol–water partition coefficient (Wildman–Crippen LogP) is 4.39. The SMILES string of the molecule is CC1CC(C)SC(Nc2cccc(C(F)(F)F)c2)=N1. The Hall–Kier alpha value is -1.17. The molecule has 2 rings (SSSR count). The van der Waals surface area contributed by atoms with Crippen LogP contribution in [0.3, 0.4) is 0 Å². The quantitative estimate of drug-likeness (QED) is 0.829. The van der Waals surface area contributed by atoms with Crippen molar-refractivity contribution in [3.63, 3.8) is 0 Å². The van der Waals surface area contributed by atoms with E-state index in [0.717, 1.165) is 18.6 Å². The molecule has 1 N–H and O–H groups in total. The van der Waals surface area contributed by atoms with E-state index >= 15 is 0 Å². The van der Waals surface area contributed by atoms with Crippen LogP contribution >= 0.6 is 11.8 Å².